The molecule has 7 nitrogen and oxygen atoms in total. The summed E-state index contributed by atoms with van der Waals surface area (Å²) in [4.78, 5) is 42.4. The van der Waals surface area contributed by atoms with E-state index in [1.54, 1.807) is 24.3 Å². The van der Waals surface area contributed by atoms with E-state index in [4.69, 9.17) is 4.74 Å². The summed E-state index contributed by atoms with van der Waals surface area (Å²) in [5, 5.41) is 2.52. The van der Waals surface area contributed by atoms with Crippen molar-refractivity contribution in [2.24, 2.45) is 0 Å². The molecule has 0 spiro atoms. The first-order valence-corrected chi connectivity index (χ1v) is 10.3. The molecule has 30 heavy (non-hydrogen) atoms. The van der Waals surface area contributed by atoms with Gasteiger partial charge in [0.25, 0.3) is 11.3 Å². The van der Waals surface area contributed by atoms with Crippen molar-refractivity contribution in [2.45, 2.75) is 50.4 Å². The maximum absolute atomic E-state index is 12.4. The molecule has 0 bridgehead atoms. The molecule has 1 aromatic carbocycles. The van der Waals surface area contributed by atoms with Crippen LogP contribution in [-0.2, 0) is 16.0 Å². The zero-order valence-electron chi connectivity index (χ0n) is 16.7. The quantitative estimate of drug-likeness (QED) is 0.252. The van der Waals surface area contributed by atoms with Crippen LogP contribution in [0.15, 0.2) is 34.2 Å². The number of halogens is 2. The molecule has 10 heteroatoms. The third-order valence-electron chi connectivity index (χ3n) is 4.14. The van der Waals surface area contributed by atoms with Crippen molar-refractivity contribution >= 4 is 29.3 Å². The molecule has 0 aliphatic carbocycles. The minimum atomic E-state index is -2.69. The number of hydrogen-bond acceptors (Lipinski definition) is 6. The Morgan fingerprint density at radius 2 is 1.97 bits per heavy atom. The van der Waals surface area contributed by atoms with Crippen molar-refractivity contribution < 1.29 is 23.1 Å². The Balaban J connectivity index is 1.90. The highest BCUT2D eigenvalue weighted by molar-refractivity contribution is 7.99. The number of anilines is 1. The van der Waals surface area contributed by atoms with Crippen LogP contribution in [0.4, 0.5) is 14.5 Å². The number of aromatic nitrogens is 2. The fraction of sp³-hybridized carbons (Fsp3) is 0.400. The van der Waals surface area contributed by atoms with Gasteiger partial charge in [0.2, 0.25) is 5.91 Å². The zero-order valence-corrected chi connectivity index (χ0v) is 17.5. The van der Waals surface area contributed by atoms with Gasteiger partial charge in [0.15, 0.2) is 5.16 Å². The summed E-state index contributed by atoms with van der Waals surface area (Å²) >= 11 is 0.158. The van der Waals surface area contributed by atoms with Gasteiger partial charge in [-0.2, -0.15) is 8.78 Å². The first-order valence-electron chi connectivity index (χ1n) is 9.41. The summed E-state index contributed by atoms with van der Waals surface area (Å²) in [5.74, 6) is -3.44. The van der Waals surface area contributed by atoms with Crippen LogP contribution >= 0.6 is 11.8 Å². The molecule has 2 N–H and O–H groups in total. The van der Waals surface area contributed by atoms with E-state index in [0.29, 0.717) is 23.6 Å². The number of carbonyl (C=O) groups is 2. The highest BCUT2D eigenvalue weighted by atomic mass is 32.2. The monoisotopic (exact) mass is 439 g/mol. The van der Waals surface area contributed by atoms with Crippen LogP contribution in [-0.4, -0.2) is 34.2 Å². The molecule has 0 saturated heterocycles. The fourth-order valence-electron chi connectivity index (χ4n) is 2.56. The summed E-state index contributed by atoms with van der Waals surface area (Å²) in [6.45, 7) is 3.90. The fourth-order valence-corrected chi connectivity index (χ4v) is 3.07. The molecule has 2 aromatic rings. The number of amides is 1. The van der Waals surface area contributed by atoms with Gasteiger partial charge in [0, 0.05) is 23.4 Å². The van der Waals surface area contributed by atoms with Gasteiger partial charge >= 0.3 is 5.97 Å². The number of nitrogens with zero attached hydrogens (tertiary/aromatic N) is 1. The Morgan fingerprint density at radius 1 is 1.27 bits per heavy atom. The second kappa shape index (κ2) is 11.4. The number of rotatable bonds is 10. The molecular weight excluding hydrogens is 416 g/mol. The number of aryl methyl sites for hydroxylation is 1. The number of hydrogen-bond donors (Lipinski definition) is 2. The maximum atomic E-state index is 12.4. The van der Waals surface area contributed by atoms with Gasteiger partial charge in [0.05, 0.1) is 12.2 Å². The standard InChI is InChI=1S/C20H23F2N3O4S/c1-3-4-11-29-18(28)13-5-7-14(8-6-13)24-16(26)10-9-15-12(2)23-20(25-17(15)27)30-19(21)22/h5-8,19H,3-4,9-11H2,1-2H3,(H,24,26)(H,23,25,27). The maximum Gasteiger partial charge on any atom is 0.338 e. The van der Waals surface area contributed by atoms with E-state index in [-0.39, 0.29) is 41.2 Å². The van der Waals surface area contributed by atoms with Crippen LogP contribution in [0, 0.1) is 6.92 Å². The first kappa shape index (κ1) is 23.5. The Kier molecular flexibility index (Phi) is 8.97. The van der Waals surface area contributed by atoms with Gasteiger partial charge in [0.1, 0.15) is 0 Å². The topological polar surface area (TPSA) is 101 Å². The number of thioether (sulfide) groups is 1. The van der Waals surface area contributed by atoms with E-state index >= 15 is 0 Å². The van der Waals surface area contributed by atoms with Crippen molar-refractivity contribution in [1.82, 2.24) is 9.97 Å². The Hall–Kier alpha value is -2.75. The SMILES string of the molecule is CCCCOC(=O)c1ccc(NC(=O)CCc2c(C)nc(SC(F)F)[nH]c2=O)cc1. The Bertz CT molecular complexity index is 933. The first-order chi connectivity index (χ1) is 14.3. The molecule has 0 saturated carbocycles. The lowest BCUT2D eigenvalue weighted by atomic mass is 10.1. The second-order valence-corrected chi connectivity index (χ2v) is 7.41. The summed E-state index contributed by atoms with van der Waals surface area (Å²) in [6.07, 6.45) is 1.85. The second-order valence-electron chi connectivity index (χ2n) is 6.43. The van der Waals surface area contributed by atoms with Gasteiger partial charge in [-0.3, -0.25) is 9.59 Å². The molecule has 0 radical (unpaired) electrons. The van der Waals surface area contributed by atoms with Crippen molar-refractivity contribution in [3.8, 4) is 0 Å². The highest BCUT2D eigenvalue weighted by Gasteiger charge is 2.14. The van der Waals surface area contributed by atoms with Crippen LogP contribution in [0.2, 0.25) is 0 Å². The van der Waals surface area contributed by atoms with Gasteiger partial charge in [-0.1, -0.05) is 13.3 Å². The number of alkyl halides is 2. The number of ether oxygens (including phenoxy) is 1. The van der Waals surface area contributed by atoms with Gasteiger partial charge in [-0.05, 0) is 55.8 Å². The number of nitrogens with one attached hydrogen (secondary N) is 2. The highest BCUT2D eigenvalue weighted by Crippen LogP contribution is 2.21. The molecule has 0 unspecified atom stereocenters. The minimum absolute atomic E-state index is 0.00769. The summed E-state index contributed by atoms with van der Waals surface area (Å²) in [5.41, 5.74) is 0.926. The lowest BCUT2D eigenvalue weighted by Crippen LogP contribution is -2.20. The van der Waals surface area contributed by atoms with Crippen molar-refractivity contribution in [3.63, 3.8) is 0 Å². The lowest BCUT2D eigenvalue weighted by molar-refractivity contribution is -0.116. The third kappa shape index (κ3) is 7.25. The van der Waals surface area contributed by atoms with Crippen LogP contribution < -0.4 is 10.9 Å². The van der Waals surface area contributed by atoms with E-state index in [0.717, 1.165) is 12.8 Å². The van der Waals surface area contributed by atoms with Crippen molar-refractivity contribution in [3.05, 3.63) is 51.4 Å². The molecule has 1 aromatic heterocycles. The van der Waals surface area contributed by atoms with E-state index in [2.05, 4.69) is 15.3 Å². The lowest BCUT2D eigenvalue weighted by Gasteiger charge is -2.08. The Morgan fingerprint density at radius 3 is 2.57 bits per heavy atom. The third-order valence-corrected chi connectivity index (χ3v) is 4.73. The minimum Gasteiger partial charge on any atom is -0.462 e. The van der Waals surface area contributed by atoms with E-state index in [9.17, 15) is 23.2 Å². The number of unbranched alkanes of at least 4 members (excludes halogenated alkanes) is 1. The van der Waals surface area contributed by atoms with Crippen LogP contribution in [0.3, 0.4) is 0 Å². The van der Waals surface area contributed by atoms with Gasteiger partial charge in [-0.15, -0.1) is 0 Å². The summed E-state index contributed by atoms with van der Waals surface area (Å²) in [6, 6.07) is 6.29. The molecule has 2 rings (SSSR count). The predicted molar refractivity (Wildman–Crippen MR) is 110 cm³/mol. The van der Waals surface area contributed by atoms with Crippen LogP contribution in [0.1, 0.15) is 47.8 Å². The molecular formula is C20H23F2N3O4S. The number of esters is 1. The van der Waals surface area contributed by atoms with E-state index < -0.39 is 17.3 Å². The number of carbonyl (C=O) groups excluding carboxylic acids is 2. The molecule has 1 heterocycles. The average Bonchev–Trinajstić information content (AvgIpc) is 2.67. The van der Waals surface area contributed by atoms with E-state index in [1.807, 2.05) is 6.92 Å². The largest absolute Gasteiger partial charge is 0.462 e. The molecule has 0 atom stereocenters. The predicted octanol–water partition coefficient (Wildman–Crippen LogP) is 3.92. The summed E-state index contributed by atoms with van der Waals surface area (Å²) < 4.78 is 29.9. The summed E-state index contributed by atoms with van der Waals surface area (Å²) in [7, 11) is 0. The van der Waals surface area contributed by atoms with Crippen LogP contribution in [0.25, 0.3) is 0 Å². The number of benzene rings is 1. The van der Waals surface area contributed by atoms with Crippen molar-refractivity contribution in [2.75, 3.05) is 11.9 Å². The number of H-pyrrole nitrogens is 1. The average molecular weight is 439 g/mol. The number of aromatic amines is 1. The van der Waals surface area contributed by atoms with Gasteiger partial charge in [-0.25, -0.2) is 9.78 Å². The van der Waals surface area contributed by atoms with E-state index in [1.165, 1.54) is 6.92 Å². The van der Waals surface area contributed by atoms with Gasteiger partial charge < -0.3 is 15.0 Å². The molecule has 0 fully saturated rings. The molecule has 1 amide bonds. The van der Waals surface area contributed by atoms with Crippen LogP contribution in [0.5, 0.6) is 0 Å². The van der Waals surface area contributed by atoms with Crippen molar-refractivity contribution in [1.29, 1.82) is 0 Å². The molecule has 162 valence electrons. The molecule has 0 aliphatic rings. The Labute approximate surface area is 176 Å². The smallest absolute Gasteiger partial charge is 0.338 e. The zero-order chi connectivity index (χ0) is 22.1. The molecule has 0 aliphatic heterocycles. The normalized spacial score (nSPS) is 10.8.